The first-order valence-corrected chi connectivity index (χ1v) is 7.52. The maximum absolute atomic E-state index is 12.6. The van der Waals surface area contributed by atoms with Crippen LogP contribution in [0.1, 0.15) is 36.9 Å². The normalized spacial score (nSPS) is 28.4. The molecule has 0 bridgehead atoms. The summed E-state index contributed by atoms with van der Waals surface area (Å²) >= 11 is 0. The molecule has 1 spiro atoms. The minimum Gasteiger partial charge on any atom is -0.316 e. The number of alkyl halides is 3. The number of nitrogens with zero attached hydrogens (tertiary/aromatic N) is 1. The fourth-order valence-electron chi connectivity index (χ4n) is 3.61. The van der Waals surface area contributed by atoms with Crippen LogP contribution in [-0.2, 0) is 6.18 Å². The molecule has 2 unspecified atom stereocenters. The third-order valence-corrected chi connectivity index (χ3v) is 5.07. The van der Waals surface area contributed by atoms with Crippen molar-refractivity contribution in [1.82, 2.24) is 10.2 Å². The lowest BCUT2D eigenvalue weighted by atomic mass is 9.86. The first kappa shape index (κ1) is 14.9. The van der Waals surface area contributed by atoms with Crippen LogP contribution < -0.4 is 5.32 Å². The van der Waals surface area contributed by atoms with Crippen LogP contribution in [0.25, 0.3) is 0 Å². The van der Waals surface area contributed by atoms with E-state index in [0.717, 1.165) is 31.7 Å². The van der Waals surface area contributed by atoms with E-state index in [0.29, 0.717) is 5.41 Å². The summed E-state index contributed by atoms with van der Waals surface area (Å²) in [6.45, 7) is 6.32. The highest BCUT2D eigenvalue weighted by Crippen LogP contribution is 2.40. The van der Waals surface area contributed by atoms with Crippen LogP contribution in [-0.4, -0.2) is 31.1 Å². The molecule has 21 heavy (non-hydrogen) atoms. The Bertz CT molecular complexity index is 489. The molecule has 5 heteroatoms. The zero-order valence-corrected chi connectivity index (χ0v) is 12.2. The second-order valence-corrected chi connectivity index (χ2v) is 6.44. The number of rotatable bonds is 2. The number of likely N-dealkylation sites (tertiary alicyclic amines) is 1. The molecule has 0 radical (unpaired) electrons. The second-order valence-electron chi connectivity index (χ2n) is 6.44. The van der Waals surface area contributed by atoms with Gasteiger partial charge < -0.3 is 5.32 Å². The Hall–Kier alpha value is -1.07. The summed E-state index contributed by atoms with van der Waals surface area (Å²) < 4.78 is 37.8. The highest BCUT2D eigenvalue weighted by Gasteiger charge is 2.41. The van der Waals surface area contributed by atoms with Crippen LogP contribution in [0, 0.1) is 5.41 Å². The Labute approximate surface area is 123 Å². The molecule has 2 nitrogen and oxygen atoms in total. The van der Waals surface area contributed by atoms with Crippen molar-refractivity contribution < 1.29 is 13.2 Å². The summed E-state index contributed by atoms with van der Waals surface area (Å²) in [5.74, 6) is 0. The number of halogens is 3. The van der Waals surface area contributed by atoms with E-state index in [9.17, 15) is 13.2 Å². The minimum absolute atomic E-state index is 0.173. The van der Waals surface area contributed by atoms with Crippen molar-refractivity contribution >= 4 is 0 Å². The van der Waals surface area contributed by atoms with E-state index in [2.05, 4.69) is 17.1 Å². The highest BCUT2D eigenvalue weighted by atomic mass is 19.4. The van der Waals surface area contributed by atoms with Gasteiger partial charge in [0.25, 0.3) is 0 Å². The summed E-state index contributed by atoms with van der Waals surface area (Å²) in [4.78, 5) is 2.40. The Morgan fingerprint density at radius 1 is 1.19 bits per heavy atom. The Morgan fingerprint density at radius 3 is 2.48 bits per heavy atom. The van der Waals surface area contributed by atoms with Gasteiger partial charge in [-0.1, -0.05) is 12.1 Å². The van der Waals surface area contributed by atoms with Gasteiger partial charge >= 0.3 is 6.18 Å². The summed E-state index contributed by atoms with van der Waals surface area (Å²) in [5, 5.41) is 3.43. The van der Waals surface area contributed by atoms with Crippen molar-refractivity contribution in [2.45, 2.75) is 32.0 Å². The van der Waals surface area contributed by atoms with Gasteiger partial charge in [-0.3, -0.25) is 4.90 Å². The SMILES string of the molecule is CC(c1ccc(C(F)(F)F)cc1)N1CCC2(CCNC2)C1. The van der Waals surface area contributed by atoms with Crippen molar-refractivity contribution in [3.63, 3.8) is 0 Å². The largest absolute Gasteiger partial charge is 0.416 e. The van der Waals surface area contributed by atoms with Crippen LogP contribution in [0.2, 0.25) is 0 Å². The number of hydrogen-bond acceptors (Lipinski definition) is 2. The van der Waals surface area contributed by atoms with Crippen molar-refractivity contribution in [3.8, 4) is 0 Å². The van der Waals surface area contributed by atoms with Crippen LogP contribution in [0.4, 0.5) is 13.2 Å². The van der Waals surface area contributed by atoms with Gasteiger partial charge in [0.1, 0.15) is 0 Å². The summed E-state index contributed by atoms with van der Waals surface area (Å²) in [7, 11) is 0. The molecule has 2 atom stereocenters. The molecule has 0 aliphatic carbocycles. The van der Waals surface area contributed by atoms with E-state index in [-0.39, 0.29) is 6.04 Å². The second kappa shape index (κ2) is 5.29. The van der Waals surface area contributed by atoms with Gasteiger partial charge in [-0.05, 0) is 56.0 Å². The van der Waals surface area contributed by atoms with Gasteiger partial charge in [0.15, 0.2) is 0 Å². The fraction of sp³-hybridized carbons (Fsp3) is 0.625. The predicted octanol–water partition coefficient (Wildman–Crippen LogP) is 3.45. The van der Waals surface area contributed by atoms with Crippen molar-refractivity contribution in [2.75, 3.05) is 26.2 Å². The van der Waals surface area contributed by atoms with E-state index >= 15 is 0 Å². The summed E-state index contributed by atoms with van der Waals surface area (Å²) in [5.41, 5.74) is 0.780. The van der Waals surface area contributed by atoms with Gasteiger partial charge in [0, 0.05) is 19.1 Å². The van der Waals surface area contributed by atoms with Crippen molar-refractivity contribution in [2.24, 2.45) is 5.41 Å². The topological polar surface area (TPSA) is 15.3 Å². The van der Waals surface area contributed by atoms with Gasteiger partial charge in [0.2, 0.25) is 0 Å². The van der Waals surface area contributed by atoms with Gasteiger partial charge in [-0.15, -0.1) is 0 Å². The minimum atomic E-state index is -4.25. The Morgan fingerprint density at radius 2 is 1.90 bits per heavy atom. The summed E-state index contributed by atoms with van der Waals surface area (Å²) in [6, 6.07) is 5.78. The quantitative estimate of drug-likeness (QED) is 0.899. The van der Waals surface area contributed by atoms with Crippen LogP contribution in [0.5, 0.6) is 0 Å². The molecule has 116 valence electrons. The predicted molar refractivity (Wildman–Crippen MR) is 76.0 cm³/mol. The van der Waals surface area contributed by atoms with E-state index in [1.165, 1.54) is 25.0 Å². The number of benzene rings is 1. The zero-order valence-electron chi connectivity index (χ0n) is 12.2. The Kier molecular flexibility index (Phi) is 3.74. The Balaban J connectivity index is 1.69. The lowest BCUT2D eigenvalue weighted by molar-refractivity contribution is -0.137. The first-order chi connectivity index (χ1) is 9.90. The lowest BCUT2D eigenvalue weighted by Crippen LogP contribution is -2.30. The van der Waals surface area contributed by atoms with Crippen molar-refractivity contribution in [1.29, 1.82) is 0 Å². The standard InChI is InChI=1S/C16H21F3N2/c1-12(13-2-4-14(5-3-13)16(17,18)19)21-9-7-15(11-21)6-8-20-10-15/h2-5,12,20H,6-11H2,1H3. The van der Waals surface area contributed by atoms with Gasteiger partial charge in [0.05, 0.1) is 5.56 Å². The molecule has 2 fully saturated rings. The molecule has 2 aliphatic rings. The molecule has 0 aromatic heterocycles. The molecule has 1 N–H and O–H groups in total. The number of nitrogens with one attached hydrogen (secondary N) is 1. The average Bonchev–Trinajstić information content (AvgIpc) is 3.08. The summed E-state index contributed by atoms with van der Waals surface area (Å²) in [6.07, 6.45) is -1.86. The molecule has 2 heterocycles. The molecule has 2 saturated heterocycles. The third-order valence-electron chi connectivity index (χ3n) is 5.07. The van der Waals surface area contributed by atoms with E-state index in [1.807, 2.05) is 0 Å². The van der Waals surface area contributed by atoms with Gasteiger partial charge in [-0.25, -0.2) is 0 Å². The lowest BCUT2D eigenvalue weighted by Gasteiger charge is -2.28. The van der Waals surface area contributed by atoms with E-state index < -0.39 is 11.7 Å². The first-order valence-electron chi connectivity index (χ1n) is 7.52. The van der Waals surface area contributed by atoms with Crippen LogP contribution >= 0.6 is 0 Å². The molecule has 0 amide bonds. The molecule has 3 rings (SSSR count). The fourth-order valence-corrected chi connectivity index (χ4v) is 3.61. The van der Waals surface area contributed by atoms with Gasteiger partial charge in [-0.2, -0.15) is 13.2 Å². The molecule has 0 saturated carbocycles. The number of hydrogen-bond donors (Lipinski definition) is 1. The molecule has 1 aromatic rings. The zero-order chi connectivity index (χ0) is 15.1. The average molecular weight is 298 g/mol. The highest BCUT2D eigenvalue weighted by molar-refractivity contribution is 5.26. The smallest absolute Gasteiger partial charge is 0.316 e. The van der Waals surface area contributed by atoms with E-state index in [4.69, 9.17) is 0 Å². The molecule has 1 aromatic carbocycles. The van der Waals surface area contributed by atoms with E-state index in [1.54, 1.807) is 12.1 Å². The molecular weight excluding hydrogens is 277 g/mol. The maximum Gasteiger partial charge on any atom is 0.416 e. The van der Waals surface area contributed by atoms with Crippen molar-refractivity contribution in [3.05, 3.63) is 35.4 Å². The molecule has 2 aliphatic heterocycles. The van der Waals surface area contributed by atoms with Crippen LogP contribution in [0.15, 0.2) is 24.3 Å². The third kappa shape index (κ3) is 2.94. The van der Waals surface area contributed by atoms with Crippen LogP contribution in [0.3, 0.4) is 0 Å². The molecular formula is C16H21F3N2. The maximum atomic E-state index is 12.6. The monoisotopic (exact) mass is 298 g/mol.